The molecule has 4 aromatic carbocycles. The molecule has 1 aliphatic heterocycles. The van der Waals surface area contributed by atoms with Crippen molar-refractivity contribution in [3.8, 4) is 17.2 Å². The van der Waals surface area contributed by atoms with Crippen molar-refractivity contribution >= 4 is 68.8 Å². The van der Waals surface area contributed by atoms with Crippen LogP contribution in [0.3, 0.4) is 0 Å². The summed E-state index contributed by atoms with van der Waals surface area (Å²) < 4.78 is 24.2. The number of allylic oxidation sites excluding steroid dienone is 1. The molecule has 4 aromatic rings. The number of fused-ring (bicyclic) bond motifs is 1. The summed E-state index contributed by atoms with van der Waals surface area (Å²) in [6.45, 7) is 6.14. The molecule has 0 radical (unpaired) electrons. The van der Waals surface area contributed by atoms with Gasteiger partial charge in [0.25, 0.3) is 5.91 Å². The third-order valence-electron chi connectivity index (χ3n) is 7.34. The number of hydrazone groups is 1. The maximum Gasteiger partial charge on any atom is 0.338 e. The number of esters is 1. The van der Waals surface area contributed by atoms with Crippen LogP contribution in [0.5, 0.6) is 17.2 Å². The zero-order chi connectivity index (χ0) is 34.0. The second kappa shape index (κ2) is 16.4. The smallest absolute Gasteiger partial charge is 0.338 e. The lowest BCUT2D eigenvalue weighted by Gasteiger charge is -2.30. The Hall–Kier alpha value is -4.69. The van der Waals surface area contributed by atoms with Gasteiger partial charge in [-0.05, 0) is 95.7 Å². The van der Waals surface area contributed by atoms with E-state index in [9.17, 15) is 9.59 Å². The molecule has 0 fully saturated rings. The average Bonchev–Trinajstić information content (AvgIpc) is 3.07. The first-order chi connectivity index (χ1) is 23.3. The van der Waals surface area contributed by atoms with E-state index in [2.05, 4.69) is 68.0 Å². The molecule has 1 heterocycles. The highest BCUT2D eigenvalue weighted by Crippen LogP contribution is 2.36. The number of ether oxygens (including phenoxy) is 4. The number of para-hydroxylation sites is 1. The van der Waals surface area contributed by atoms with Gasteiger partial charge >= 0.3 is 5.97 Å². The van der Waals surface area contributed by atoms with Gasteiger partial charge in [0.1, 0.15) is 12.4 Å². The fourth-order valence-corrected chi connectivity index (χ4v) is 6.30. The summed E-state index contributed by atoms with van der Waals surface area (Å²) in [5.41, 5.74) is 5.88. The van der Waals surface area contributed by atoms with E-state index in [4.69, 9.17) is 31.2 Å². The van der Waals surface area contributed by atoms with Crippen LogP contribution in [0.4, 0.5) is 0 Å². The molecule has 1 amide bonds. The lowest BCUT2D eigenvalue weighted by molar-refractivity contribution is -0.139. The Morgan fingerprint density at radius 2 is 1.73 bits per heavy atom. The van der Waals surface area contributed by atoms with E-state index in [1.54, 1.807) is 32.0 Å². The van der Waals surface area contributed by atoms with Crippen molar-refractivity contribution in [1.29, 1.82) is 0 Å². The number of thiocarbonyl (C=S) groups is 1. The number of nitrogens with zero attached hydrogens (tertiary/aromatic N) is 1. The van der Waals surface area contributed by atoms with Gasteiger partial charge in [0.2, 0.25) is 0 Å². The van der Waals surface area contributed by atoms with E-state index in [0.29, 0.717) is 58.0 Å². The van der Waals surface area contributed by atoms with Crippen molar-refractivity contribution in [3.63, 3.8) is 0 Å². The zero-order valence-corrected chi connectivity index (χ0v) is 29.6. The number of nitrogens with one attached hydrogen (secondary N) is 3. The summed E-state index contributed by atoms with van der Waals surface area (Å²) in [7, 11) is 0. The highest BCUT2D eigenvalue weighted by Gasteiger charge is 2.32. The van der Waals surface area contributed by atoms with Gasteiger partial charge in [-0.2, -0.15) is 5.10 Å². The molecule has 0 saturated carbocycles. The van der Waals surface area contributed by atoms with Crippen LogP contribution >= 0.6 is 34.8 Å². The number of amides is 1. The molecule has 1 atom stereocenters. The number of hydrogen-bond donors (Lipinski definition) is 3. The Morgan fingerprint density at radius 1 is 0.958 bits per heavy atom. The van der Waals surface area contributed by atoms with E-state index in [1.165, 1.54) is 6.21 Å². The van der Waals surface area contributed by atoms with Gasteiger partial charge in [-0.1, -0.05) is 60.7 Å². The SMILES string of the molecule is CCOC(=O)C1=C(C)NC(=S)N[C@H]1c1ccccc1OCC(=O)NN=Cc1cc(I)c(OCc2cccc3ccccc23)c(OCC)c1. The minimum Gasteiger partial charge on any atom is -0.490 e. The molecular formula is C36H35IN4O6S. The number of hydrogen-bond acceptors (Lipinski definition) is 8. The third kappa shape index (κ3) is 8.42. The summed E-state index contributed by atoms with van der Waals surface area (Å²) in [4.78, 5) is 25.5. The van der Waals surface area contributed by atoms with E-state index in [-0.39, 0.29) is 13.2 Å². The Bertz CT molecular complexity index is 1890. The van der Waals surface area contributed by atoms with Crippen LogP contribution in [0, 0.1) is 3.57 Å². The fourth-order valence-electron chi connectivity index (χ4n) is 5.25. The Labute approximate surface area is 298 Å². The molecule has 0 bridgehead atoms. The second-order valence-electron chi connectivity index (χ2n) is 10.6. The first-order valence-electron chi connectivity index (χ1n) is 15.3. The van der Waals surface area contributed by atoms with Crippen LogP contribution in [-0.2, 0) is 20.9 Å². The van der Waals surface area contributed by atoms with Crippen LogP contribution in [-0.4, -0.2) is 43.0 Å². The van der Waals surface area contributed by atoms with Crippen LogP contribution in [0.2, 0.25) is 0 Å². The monoisotopic (exact) mass is 778 g/mol. The molecule has 0 spiro atoms. The molecule has 3 N–H and O–H groups in total. The highest BCUT2D eigenvalue weighted by molar-refractivity contribution is 14.1. The summed E-state index contributed by atoms with van der Waals surface area (Å²) >= 11 is 7.55. The fraction of sp³-hybridized carbons (Fsp3) is 0.222. The van der Waals surface area contributed by atoms with Gasteiger partial charge in [-0.3, -0.25) is 4.79 Å². The Morgan fingerprint density at radius 3 is 2.54 bits per heavy atom. The van der Waals surface area contributed by atoms with E-state index in [1.807, 2.05) is 43.3 Å². The Balaban J connectivity index is 1.24. The maximum absolute atomic E-state index is 12.8. The zero-order valence-electron chi connectivity index (χ0n) is 26.7. The molecule has 0 saturated heterocycles. The minimum atomic E-state index is -0.629. The molecule has 0 aromatic heterocycles. The standard InChI is InChI=1S/C36H35IN4O6S/c1-4-44-30-18-23(17-28(37)34(30)47-20-25-13-10-12-24-11-6-7-14-26(24)25)19-38-41-31(42)21-46-29-16-9-8-15-27(29)33-32(35(43)45-5-2)22(3)39-36(48)40-33/h6-19,33H,4-5,20-21H2,1-3H3,(H,41,42)(H2,39,40,48)/t33-/m0/s1. The third-order valence-corrected chi connectivity index (χ3v) is 8.36. The summed E-state index contributed by atoms with van der Waals surface area (Å²) in [5.74, 6) is 0.676. The summed E-state index contributed by atoms with van der Waals surface area (Å²) in [6.07, 6.45) is 1.53. The highest BCUT2D eigenvalue weighted by atomic mass is 127. The topological polar surface area (TPSA) is 120 Å². The van der Waals surface area contributed by atoms with Crippen molar-refractivity contribution in [2.75, 3.05) is 19.8 Å². The number of carbonyl (C=O) groups is 2. The van der Waals surface area contributed by atoms with Crippen molar-refractivity contribution in [2.24, 2.45) is 5.10 Å². The van der Waals surface area contributed by atoms with Crippen molar-refractivity contribution < 1.29 is 28.5 Å². The van der Waals surface area contributed by atoms with Gasteiger partial charge in [0, 0.05) is 11.3 Å². The molecule has 48 heavy (non-hydrogen) atoms. The van der Waals surface area contributed by atoms with E-state index in [0.717, 1.165) is 19.9 Å². The summed E-state index contributed by atoms with van der Waals surface area (Å²) in [6, 6.07) is 24.6. The average molecular weight is 779 g/mol. The normalized spacial score (nSPS) is 14.3. The van der Waals surface area contributed by atoms with Crippen LogP contribution in [0.25, 0.3) is 10.8 Å². The molecule has 248 valence electrons. The van der Waals surface area contributed by atoms with Gasteiger partial charge < -0.3 is 29.6 Å². The van der Waals surface area contributed by atoms with Crippen LogP contribution < -0.4 is 30.3 Å². The predicted molar refractivity (Wildman–Crippen MR) is 197 cm³/mol. The molecule has 5 rings (SSSR count). The second-order valence-corrected chi connectivity index (χ2v) is 12.2. The van der Waals surface area contributed by atoms with Gasteiger partial charge in [-0.25, -0.2) is 10.2 Å². The quantitative estimate of drug-likeness (QED) is 0.0472. The number of rotatable bonds is 13. The maximum atomic E-state index is 12.8. The van der Waals surface area contributed by atoms with Crippen molar-refractivity contribution in [1.82, 2.24) is 16.1 Å². The molecule has 0 aliphatic carbocycles. The largest absolute Gasteiger partial charge is 0.490 e. The van der Waals surface area contributed by atoms with E-state index < -0.39 is 17.9 Å². The number of carbonyl (C=O) groups excluding carboxylic acids is 2. The number of halogens is 1. The Kier molecular flexibility index (Phi) is 11.9. The predicted octanol–water partition coefficient (Wildman–Crippen LogP) is 6.31. The van der Waals surface area contributed by atoms with Gasteiger partial charge in [0.05, 0.1) is 34.6 Å². The molecule has 10 nitrogen and oxygen atoms in total. The van der Waals surface area contributed by atoms with Gasteiger partial charge in [-0.15, -0.1) is 0 Å². The number of benzene rings is 4. The lowest BCUT2D eigenvalue weighted by atomic mass is 9.95. The molecular weight excluding hydrogens is 743 g/mol. The first kappa shape index (κ1) is 34.6. The van der Waals surface area contributed by atoms with E-state index >= 15 is 0 Å². The molecule has 12 heteroatoms. The van der Waals surface area contributed by atoms with Crippen LogP contribution in [0.15, 0.2) is 95.2 Å². The van der Waals surface area contributed by atoms with Crippen molar-refractivity contribution in [3.05, 3.63) is 110 Å². The van der Waals surface area contributed by atoms with Crippen LogP contribution in [0.1, 0.15) is 43.5 Å². The molecule has 1 aliphatic rings. The summed E-state index contributed by atoms with van der Waals surface area (Å²) in [5, 5.41) is 12.9. The lowest BCUT2D eigenvalue weighted by Crippen LogP contribution is -2.45. The van der Waals surface area contributed by atoms with Crippen molar-refractivity contribution in [2.45, 2.75) is 33.4 Å². The van der Waals surface area contributed by atoms with Gasteiger partial charge in [0.15, 0.2) is 23.2 Å². The molecule has 0 unspecified atom stereocenters. The minimum absolute atomic E-state index is 0.224. The first-order valence-corrected chi connectivity index (χ1v) is 16.8.